The number of esters is 1. The van der Waals surface area contributed by atoms with E-state index in [0.29, 0.717) is 5.69 Å². The van der Waals surface area contributed by atoms with Crippen molar-refractivity contribution >= 4 is 40.5 Å². The minimum atomic E-state index is -0.758. The van der Waals surface area contributed by atoms with E-state index in [1.165, 1.54) is 18.2 Å². The fraction of sp³-hybridized carbons (Fsp3) is 0.176. The van der Waals surface area contributed by atoms with Gasteiger partial charge < -0.3 is 20.5 Å². The van der Waals surface area contributed by atoms with Gasteiger partial charge in [-0.3, -0.25) is 14.9 Å². The molecule has 0 aliphatic rings. The number of ether oxygens (including phenoxy) is 1. The minimum absolute atomic E-state index is 0.0986. The Bertz CT molecular complexity index is 858. The number of carbonyl (C=O) groups is 2. The molecule has 2 aromatic rings. The molecule has 3 N–H and O–H groups in total. The Hall–Kier alpha value is -3.17. The van der Waals surface area contributed by atoms with Crippen molar-refractivity contribution in [2.24, 2.45) is 0 Å². The third-order valence-electron chi connectivity index (χ3n) is 3.34. The van der Waals surface area contributed by atoms with Gasteiger partial charge in [0.1, 0.15) is 5.69 Å². The number of halogens is 1. The Morgan fingerprint density at radius 2 is 1.93 bits per heavy atom. The monoisotopic (exact) mass is 393 g/mol. The van der Waals surface area contributed by atoms with E-state index in [1.54, 1.807) is 18.2 Å². The zero-order valence-electron chi connectivity index (χ0n) is 14.0. The number of hydrogen-bond acceptors (Lipinski definition) is 7. The van der Waals surface area contributed by atoms with E-state index in [4.69, 9.17) is 21.4 Å². The van der Waals surface area contributed by atoms with Crippen molar-refractivity contribution < 1.29 is 24.4 Å². The second-order valence-electron chi connectivity index (χ2n) is 5.24. The molecule has 0 unspecified atom stereocenters. The van der Waals surface area contributed by atoms with Gasteiger partial charge in [0.05, 0.1) is 17.1 Å². The summed E-state index contributed by atoms with van der Waals surface area (Å²) >= 11 is 5.79. The summed E-state index contributed by atoms with van der Waals surface area (Å²) in [5.74, 6) is -1.51. The number of amides is 1. The SMILES string of the molecule is O=C(COC(=O)c1ccccc1NCCO)Nc1cc(Cl)ccc1[N+](=O)[O-]. The molecular weight excluding hydrogens is 378 g/mol. The highest BCUT2D eigenvalue weighted by Crippen LogP contribution is 2.27. The van der Waals surface area contributed by atoms with Crippen LogP contribution in [-0.4, -0.2) is 41.7 Å². The summed E-state index contributed by atoms with van der Waals surface area (Å²) in [5, 5.41) is 25.2. The van der Waals surface area contributed by atoms with Gasteiger partial charge in [-0.15, -0.1) is 0 Å². The average Bonchev–Trinajstić information content (AvgIpc) is 2.64. The zero-order chi connectivity index (χ0) is 19.8. The number of rotatable bonds is 8. The van der Waals surface area contributed by atoms with Crippen molar-refractivity contribution in [3.8, 4) is 0 Å². The summed E-state index contributed by atoms with van der Waals surface area (Å²) < 4.78 is 4.96. The normalized spacial score (nSPS) is 10.1. The van der Waals surface area contributed by atoms with Crippen LogP contribution in [0.25, 0.3) is 0 Å². The fourth-order valence-electron chi connectivity index (χ4n) is 2.17. The molecule has 0 heterocycles. The summed E-state index contributed by atoms with van der Waals surface area (Å²) in [6.07, 6.45) is 0. The van der Waals surface area contributed by atoms with Gasteiger partial charge in [-0.2, -0.15) is 0 Å². The van der Waals surface area contributed by atoms with Crippen LogP contribution in [0, 0.1) is 10.1 Å². The maximum absolute atomic E-state index is 12.2. The van der Waals surface area contributed by atoms with E-state index in [-0.39, 0.29) is 35.1 Å². The molecular formula is C17H16ClN3O6. The van der Waals surface area contributed by atoms with Crippen molar-refractivity contribution in [3.63, 3.8) is 0 Å². The number of para-hydroxylation sites is 1. The molecule has 0 bridgehead atoms. The fourth-order valence-corrected chi connectivity index (χ4v) is 2.34. The predicted molar refractivity (Wildman–Crippen MR) is 99.0 cm³/mol. The molecule has 0 fully saturated rings. The number of benzene rings is 2. The second kappa shape index (κ2) is 9.51. The molecule has 142 valence electrons. The van der Waals surface area contributed by atoms with Crippen LogP contribution in [0.5, 0.6) is 0 Å². The van der Waals surface area contributed by atoms with E-state index in [9.17, 15) is 19.7 Å². The molecule has 10 heteroatoms. The number of aliphatic hydroxyl groups is 1. The van der Waals surface area contributed by atoms with Gasteiger partial charge in [0.15, 0.2) is 6.61 Å². The van der Waals surface area contributed by atoms with E-state index >= 15 is 0 Å². The highest BCUT2D eigenvalue weighted by atomic mass is 35.5. The second-order valence-corrected chi connectivity index (χ2v) is 5.68. The number of nitro groups is 1. The number of nitrogens with zero attached hydrogens (tertiary/aromatic N) is 1. The number of nitro benzene ring substituents is 1. The lowest BCUT2D eigenvalue weighted by Gasteiger charge is -2.11. The lowest BCUT2D eigenvalue weighted by atomic mass is 10.2. The van der Waals surface area contributed by atoms with Crippen LogP contribution in [0.4, 0.5) is 17.1 Å². The average molecular weight is 394 g/mol. The molecule has 0 aliphatic carbocycles. The third-order valence-corrected chi connectivity index (χ3v) is 3.57. The van der Waals surface area contributed by atoms with Crippen LogP contribution in [0.2, 0.25) is 5.02 Å². The van der Waals surface area contributed by atoms with Crippen LogP contribution in [0.1, 0.15) is 10.4 Å². The Balaban J connectivity index is 2.01. The van der Waals surface area contributed by atoms with Crippen LogP contribution in [0.3, 0.4) is 0 Å². The Morgan fingerprint density at radius 1 is 1.19 bits per heavy atom. The highest BCUT2D eigenvalue weighted by molar-refractivity contribution is 6.31. The molecule has 0 spiro atoms. The molecule has 0 radical (unpaired) electrons. The van der Waals surface area contributed by atoms with Gasteiger partial charge in [-0.1, -0.05) is 23.7 Å². The minimum Gasteiger partial charge on any atom is -0.452 e. The standard InChI is InChI=1S/C17H16ClN3O6/c18-11-5-6-15(21(25)26)14(9-11)20-16(23)10-27-17(24)12-3-1-2-4-13(12)19-7-8-22/h1-6,9,19,22H,7-8,10H2,(H,20,23). The molecule has 2 rings (SSSR count). The van der Waals surface area contributed by atoms with Gasteiger partial charge >= 0.3 is 5.97 Å². The lowest BCUT2D eigenvalue weighted by molar-refractivity contribution is -0.383. The first-order valence-corrected chi connectivity index (χ1v) is 8.15. The molecule has 2 aromatic carbocycles. The molecule has 0 saturated carbocycles. The topological polar surface area (TPSA) is 131 Å². The van der Waals surface area contributed by atoms with E-state index in [1.807, 2.05) is 0 Å². The molecule has 27 heavy (non-hydrogen) atoms. The first kappa shape index (κ1) is 20.1. The first-order valence-electron chi connectivity index (χ1n) is 7.77. The molecule has 0 aromatic heterocycles. The summed E-state index contributed by atoms with van der Waals surface area (Å²) in [4.78, 5) is 34.5. The summed E-state index contributed by atoms with van der Waals surface area (Å²) in [5.41, 5.74) is 0.200. The Morgan fingerprint density at radius 3 is 2.63 bits per heavy atom. The molecule has 0 atom stereocenters. The van der Waals surface area contributed by atoms with Crippen molar-refractivity contribution in [1.29, 1.82) is 0 Å². The van der Waals surface area contributed by atoms with Crippen LogP contribution < -0.4 is 10.6 Å². The van der Waals surface area contributed by atoms with Crippen molar-refractivity contribution in [1.82, 2.24) is 0 Å². The van der Waals surface area contributed by atoms with E-state index in [2.05, 4.69) is 10.6 Å². The quantitative estimate of drug-likeness (QED) is 0.356. The Kier molecular flexibility index (Phi) is 7.09. The van der Waals surface area contributed by atoms with E-state index in [0.717, 1.165) is 6.07 Å². The van der Waals surface area contributed by atoms with Crippen molar-refractivity contribution in [2.45, 2.75) is 0 Å². The van der Waals surface area contributed by atoms with Crippen molar-refractivity contribution in [3.05, 3.63) is 63.2 Å². The largest absolute Gasteiger partial charge is 0.452 e. The maximum atomic E-state index is 12.2. The van der Waals surface area contributed by atoms with Gasteiger partial charge in [-0.25, -0.2) is 4.79 Å². The summed E-state index contributed by atoms with van der Waals surface area (Å²) in [6.45, 7) is -0.524. The summed E-state index contributed by atoms with van der Waals surface area (Å²) in [7, 11) is 0. The predicted octanol–water partition coefficient (Wildman–Crippen LogP) is 2.45. The molecule has 0 aliphatic heterocycles. The molecule has 1 amide bonds. The van der Waals surface area contributed by atoms with Crippen LogP contribution in [-0.2, 0) is 9.53 Å². The number of hydrogen-bond donors (Lipinski definition) is 3. The van der Waals surface area contributed by atoms with E-state index < -0.39 is 23.4 Å². The van der Waals surface area contributed by atoms with Crippen LogP contribution in [0.15, 0.2) is 42.5 Å². The van der Waals surface area contributed by atoms with Gasteiger partial charge in [0.25, 0.3) is 11.6 Å². The number of nitrogens with one attached hydrogen (secondary N) is 2. The number of carbonyl (C=O) groups excluding carboxylic acids is 2. The van der Waals surface area contributed by atoms with Gasteiger partial charge in [-0.05, 0) is 24.3 Å². The zero-order valence-corrected chi connectivity index (χ0v) is 14.7. The molecule has 9 nitrogen and oxygen atoms in total. The number of anilines is 2. The highest BCUT2D eigenvalue weighted by Gasteiger charge is 2.18. The number of aliphatic hydroxyl groups excluding tert-OH is 1. The van der Waals surface area contributed by atoms with Crippen molar-refractivity contribution in [2.75, 3.05) is 30.4 Å². The first-order chi connectivity index (χ1) is 12.9. The van der Waals surface area contributed by atoms with Gasteiger partial charge in [0, 0.05) is 23.3 Å². The summed E-state index contributed by atoms with van der Waals surface area (Å²) in [6, 6.07) is 10.2. The van der Waals surface area contributed by atoms with Crippen LogP contribution >= 0.6 is 11.6 Å². The smallest absolute Gasteiger partial charge is 0.340 e. The molecule has 0 saturated heterocycles. The Labute approximate surface area is 159 Å². The van der Waals surface area contributed by atoms with Gasteiger partial charge in [0.2, 0.25) is 0 Å². The third kappa shape index (κ3) is 5.66. The lowest BCUT2D eigenvalue weighted by Crippen LogP contribution is -2.22. The maximum Gasteiger partial charge on any atom is 0.340 e.